The lowest BCUT2D eigenvalue weighted by molar-refractivity contribution is 0.0943. The Morgan fingerprint density at radius 2 is 1.88 bits per heavy atom. The second-order valence-electron chi connectivity index (χ2n) is 5.78. The quantitative estimate of drug-likeness (QED) is 0.656. The fourth-order valence-electron chi connectivity index (χ4n) is 2.64. The fourth-order valence-corrected chi connectivity index (χ4v) is 2.64. The number of nitrogens with zero attached hydrogens (tertiary/aromatic N) is 2. The predicted octanol–water partition coefficient (Wildman–Crippen LogP) is 2.82. The van der Waals surface area contributed by atoms with Gasteiger partial charge in [0.1, 0.15) is 0 Å². The van der Waals surface area contributed by atoms with Gasteiger partial charge in [0.25, 0.3) is 5.91 Å². The van der Waals surface area contributed by atoms with Gasteiger partial charge in [-0.15, -0.1) is 0 Å². The van der Waals surface area contributed by atoms with Crippen LogP contribution in [-0.4, -0.2) is 56.4 Å². The summed E-state index contributed by atoms with van der Waals surface area (Å²) in [4.78, 5) is 14.5. The Hall–Kier alpha value is -2.54. The smallest absolute Gasteiger partial charge is 0.273 e. The molecule has 1 aromatic heterocycles. The highest BCUT2D eigenvalue weighted by atomic mass is 16.5. The minimum Gasteiger partial charge on any atom is -0.493 e. The van der Waals surface area contributed by atoms with E-state index < -0.39 is 0 Å². The summed E-state index contributed by atoms with van der Waals surface area (Å²) in [7, 11) is 3.15. The molecule has 1 amide bonds. The van der Waals surface area contributed by atoms with Crippen molar-refractivity contribution in [2.24, 2.45) is 0 Å². The van der Waals surface area contributed by atoms with Crippen molar-refractivity contribution >= 4 is 5.91 Å². The maximum Gasteiger partial charge on any atom is 0.273 e. The number of hydrogen-bond donors (Lipinski definition) is 1. The SMILES string of the molecule is CCN(CC)CCCNC(=O)c1cc(-c2ccc(OC)c(OC)c2)on1. The lowest BCUT2D eigenvalue weighted by Gasteiger charge is -2.17. The van der Waals surface area contributed by atoms with E-state index in [1.165, 1.54) is 0 Å². The Bertz CT molecular complexity index is 711. The number of hydrogen-bond acceptors (Lipinski definition) is 6. The van der Waals surface area contributed by atoms with Gasteiger partial charge in [-0.2, -0.15) is 0 Å². The first-order valence-corrected chi connectivity index (χ1v) is 8.82. The third kappa shape index (κ3) is 4.98. The molecular weight excluding hydrogens is 334 g/mol. The summed E-state index contributed by atoms with van der Waals surface area (Å²) < 4.78 is 15.8. The van der Waals surface area contributed by atoms with E-state index in [0.717, 1.165) is 31.6 Å². The Balaban J connectivity index is 1.95. The van der Waals surface area contributed by atoms with E-state index in [9.17, 15) is 4.79 Å². The molecule has 0 saturated heterocycles. The molecule has 2 rings (SSSR count). The van der Waals surface area contributed by atoms with Crippen LogP contribution >= 0.6 is 0 Å². The molecule has 0 spiro atoms. The highest BCUT2D eigenvalue weighted by molar-refractivity contribution is 5.93. The molecule has 0 fully saturated rings. The Kier molecular flexibility index (Phi) is 7.47. The normalized spacial score (nSPS) is 10.8. The van der Waals surface area contributed by atoms with Crippen LogP contribution in [0.4, 0.5) is 0 Å². The molecule has 26 heavy (non-hydrogen) atoms. The first-order valence-electron chi connectivity index (χ1n) is 8.82. The lowest BCUT2D eigenvalue weighted by Crippen LogP contribution is -2.30. The molecule has 0 bridgehead atoms. The summed E-state index contributed by atoms with van der Waals surface area (Å²) in [6.07, 6.45) is 0.897. The van der Waals surface area contributed by atoms with E-state index in [1.54, 1.807) is 32.4 Å². The van der Waals surface area contributed by atoms with Crippen LogP contribution in [0.3, 0.4) is 0 Å². The summed E-state index contributed by atoms with van der Waals surface area (Å²) >= 11 is 0. The minimum atomic E-state index is -0.236. The fraction of sp³-hybridized carbons (Fsp3) is 0.474. The number of rotatable bonds is 10. The summed E-state index contributed by atoms with van der Waals surface area (Å²) in [6.45, 7) is 7.86. The molecule has 2 aromatic rings. The monoisotopic (exact) mass is 361 g/mol. The van der Waals surface area contributed by atoms with Crippen molar-refractivity contribution in [3.05, 3.63) is 30.0 Å². The molecule has 1 heterocycles. The molecule has 0 aliphatic rings. The molecule has 1 N–H and O–H groups in total. The van der Waals surface area contributed by atoms with E-state index >= 15 is 0 Å². The van der Waals surface area contributed by atoms with Gasteiger partial charge in [0, 0.05) is 18.2 Å². The molecular formula is C19H27N3O4. The second kappa shape index (κ2) is 9.82. The van der Waals surface area contributed by atoms with Gasteiger partial charge in [-0.1, -0.05) is 19.0 Å². The number of nitrogens with one attached hydrogen (secondary N) is 1. The predicted molar refractivity (Wildman–Crippen MR) is 99.8 cm³/mol. The standard InChI is InChI=1S/C19H27N3O4/c1-5-22(6-2)11-7-10-20-19(23)15-13-17(26-21-15)14-8-9-16(24-3)18(12-14)25-4/h8-9,12-13H,5-7,10-11H2,1-4H3,(H,20,23). The Morgan fingerprint density at radius 3 is 2.54 bits per heavy atom. The van der Waals surface area contributed by atoms with Crippen molar-refractivity contribution in [1.29, 1.82) is 0 Å². The molecule has 7 heteroatoms. The van der Waals surface area contributed by atoms with Gasteiger partial charge in [0.2, 0.25) is 0 Å². The number of benzene rings is 1. The van der Waals surface area contributed by atoms with Gasteiger partial charge in [-0.25, -0.2) is 0 Å². The number of methoxy groups -OCH3 is 2. The van der Waals surface area contributed by atoms with Gasteiger partial charge in [-0.3, -0.25) is 4.79 Å². The number of ether oxygens (including phenoxy) is 2. The van der Waals surface area contributed by atoms with Gasteiger partial charge >= 0.3 is 0 Å². The number of carbonyl (C=O) groups excluding carboxylic acids is 1. The van der Waals surface area contributed by atoms with Gasteiger partial charge in [0.15, 0.2) is 23.0 Å². The Labute approximate surface area is 154 Å². The minimum absolute atomic E-state index is 0.236. The number of carbonyl (C=O) groups is 1. The molecule has 0 atom stereocenters. The number of amides is 1. The maximum atomic E-state index is 12.2. The average molecular weight is 361 g/mol. The summed E-state index contributed by atoms with van der Waals surface area (Å²) in [5.41, 5.74) is 1.02. The number of aromatic nitrogens is 1. The largest absolute Gasteiger partial charge is 0.493 e. The average Bonchev–Trinajstić information content (AvgIpc) is 3.17. The van der Waals surface area contributed by atoms with Gasteiger partial charge in [-0.05, 0) is 44.3 Å². The first kappa shape index (κ1) is 19.8. The van der Waals surface area contributed by atoms with E-state index in [0.29, 0.717) is 23.8 Å². The molecule has 7 nitrogen and oxygen atoms in total. The van der Waals surface area contributed by atoms with Crippen LogP contribution in [0, 0.1) is 0 Å². The molecule has 1 aromatic carbocycles. The van der Waals surface area contributed by atoms with Crippen molar-refractivity contribution in [3.8, 4) is 22.8 Å². The third-order valence-electron chi connectivity index (χ3n) is 4.24. The van der Waals surface area contributed by atoms with E-state index in [1.807, 2.05) is 6.07 Å². The zero-order valence-electron chi connectivity index (χ0n) is 15.9. The molecule has 142 valence electrons. The summed E-state index contributed by atoms with van der Waals surface area (Å²) in [5, 5.41) is 6.74. The van der Waals surface area contributed by atoms with E-state index in [2.05, 4.69) is 29.2 Å². The summed E-state index contributed by atoms with van der Waals surface area (Å²) in [6, 6.07) is 7.02. The molecule has 0 aliphatic heterocycles. The van der Waals surface area contributed by atoms with Crippen molar-refractivity contribution in [1.82, 2.24) is 15.4 Å². The molecule has 0 radical (unpaired) electrons. The van der Waals surface area contributed by atoms with Crippen molar-refractivity contribution < 1.29 is 18.8 Å². The van der Waals surface area contributed by atoms with Crippen molar-refractivity contribution in [3.63, 3.8) is 0 Å². The summed E-state index contributed by atoms with van der Waals surface area (Å²) in [5.74, 6) is 1.48. The third-order valence-corrected chi connectivity index (χ3v) is 4.24. The van der Waals surface area contributed by atoms with Gasteiger partial charge in [0.05, 0.1) is 14.2 Å². The van der Waals surface area contributed by atoms with E-state index in [-0.39, 0.29) is 11.6 Å². The Morgan fingerprint density at radius 1 is 1.15 bits per heavy atom. The van der Waals surface area contributed by atoms with Crippen molar-refractivity contribution in [2.45, 2.75) is 20.3 Å². The van der Waals surface area contributed by atoms with Crippen LogP contribution in [0.1, 0.15) is 30.8 Å². The van der Waals surface area contributed by atoms with Crippen LogP contribution in [0.5, 0.6) is 11.5 Å². The van der Waals surface area contributed by atoms with E-state index in [4.69, 9.17) is 14.0 Å². The maximum absolute atomic E-state index is 12.2. The second-order valence-corrected chi connectivity index (χ2v) is 5.78. The molecule has 0 aliphatic carbocycles. The zero-order valence-corrected chi connectivity index (χ0v) is 15.9. The van der Waals surface area contributed by atoms with Crippen molar-refractivity contribution in [2.75, 3.05) is 40.4 Å². The van der Waals surface area contributed by atoms with Crippen LogP contribution in [0.2, 0.25) is 0 Å². The molecule has 0 unspecified atom stereocenters. The van der Waals surface area contributed by atoms with Crippen LogP contribution in [0.15, 0.2) is 28.8 Å². The van der Waals surface area contributed by atoms with Crippen LogP contribution in [-0.2, 0) is 0 Å². The van der Waals surface area contributed by atoms with Crippen LogP contribution in [0.25, 0.3) is 11.3 Å². The highest BCUT2D eigenvalue weighted by Crippen LogP contribution is 2.32. The molecule has 0 saturated carbocycles. The first-order chi connectivity index (χ1) is 12.6. The zero-order chi connectivity index (χ0) is 18.9. The lowest BCUT2D eigenvalue weighted by atomic mass is 10.1. The highest BCUT2D eigenvalue weighted by Gasteiger charge is 2.15. The van der Waals surface area contributed by atoms with Gasteiger partial charge < -0.3 is 24.2 Å². The topological polar surface area (TPSA) is 76.8 Å². The van der Waals surface area contributed by atoms with Crippen LogP contribution < -0.4 is 14.8 Å².